The summed E-state index contributed by atoms with van der Waals surface area (Å²) < 4.78 is 6.89. The van der Waals surface area contributed by atoms with Gasteiger partial charge in [0.05, 0.1) is 6.61 Å². The number of carbonyl (C=O) groups excluding carboxylic acids is 1. The van der Waals surface area contributed by atoms with Crippen molar-refractivity contribution in [3.05, 3.63) is 33.8 Å². The number of hydrogen-bond acceptors (Lipinski definition) is 3. The SMILES string of the molecule is CN1CCOC2(C1)C(=O)Cc1cc(Br)ccc12. The van der Waals surface area contributed by atoms with Gasteiger partial charge in [0.15, 0.2) is 11.4 Å². The predicted octanol–water partition coefficient (Wildman–Crippen LogP) is 1.73. The maximum Gasteiger partial charge on any atom is 0.174 e. The zero-order valence-corrected chi connectivity index (χ0v) is 11.3. The van der Waals surface area contributed by atoms with Crippen LogP contribution < -0.4 is 0 Å². The second kappa shape index (κ2) is 3.90. The molecule has 1 aromatic rings. The first-order chi connectivity index (χ1) is 8.12. The molecule has 1 spiro atoms. The van der Waals surface area contributed by atoms with E-state index in [0.717, 1.165) is 22.1 Å². The summed E-state index contributed by atoms with van der Waals surface area (Å²) >= 11 is 3.45. The molecule has 1 aliphatic carbocycles. The molecule has 1 saturated heterocycles. The normalized spacial score (nSPS) is 28.7. The maximum absolute atomic E-state index is 12.3. The van der Waals surface area contributed by atoms with Crippen molar-refractivity contribution >= 4 is 21.7 Å². The first kappa shape index (κ1) is 11.4. The van der Waals surface area contributed by atoms with Crippen molar-refractivity contribution in [2.24, 2.45) is 0 Å². The minimum atomic E-state index is -0.705. The van der Waals surface area contributed by atoms with Gasteiger partial charge in [-0.25, -0.2) is 0 Å². The summed E-state index contributed by atoms with van der Waals surface area (Å²) in [6, 6.07) is 6.03. The number of benzene rings is 1. The van der Waals surface area contributed by atoms with Crippen LogP contribution in [-0.2, 0) is 21.6 Å². The molecule has 17 heavy (non-hydrogen) atoms. The lowest BCUT2D eigenvalue weighted by Crippen LogP contribution is -2.51. The first-order valence-corrected chi connectivity index (χ1v) is 6.56. The molecule has 0 saturated carbocycles. The van der Waals surface area contributed by atoms with Gasteiger partial charge in [0, 0.05) is 24.0 Å². The molecule has 1 fully saturated rings. The molecular weight excluding hydrogens is 282 g/mol. The Morgan fingerprint density at radius 2 is 2.29 bits per heavy atom. The second-order valence-electron chi connectivity index (χ2n) is 4.81. The number of Topliss-reactive ketones (excluding diaryl/α,β-unsaturated/α-hetero) is 1. The summed E-state index contributed by atoms with van der Waals surface area (Å²) in [7, 11) is 2.04. The maximum atomic E-state index is 12.3. The molecule has 1 atom stereocenters. The second-order valence-corrected chi connectivity index (χ2v) is 5.73. The third kappa shape index (κ3) is 1.66. The van der Waals surface area contributed by atoms with Crippen LogP contribution in [0.3, 0.4) is 0 Å². The third-order valence-corrected chi connectivity index (χ3v) is 4.11. The van der Waals surface area contributed by atoms with Crippen molar-refractivity contribution in [2.45, 2.75) is 12.0 Å². The highest BCUT2D eigenvalue weighted by Crippen LogP contribution is 2.40. The van der Waals surface area contributed by atoms with Crippen molar-refractivity contribution in [2.75, 3.05) is 26.7 Å². The summed E-state index contributed by atoms with van der Waals surface area (Å²) in [6.45, 7) is 2.18. The van der Waals surface area contributed by atoms with Gasteiger partial charge >= 0.3 is 0 Å². The summed E-state index contributed by atoms with van der Waals surface area (Å²) in [5.41, 5.74) is 1.44. The molecular formula is C13H14BrNO2. The topological polar surface area (TPSA) is 29.5 Å². The molecule has 3 nitrogen and oxygen atoms in total. The van der Waals surface area contributed by atoms with Crippen molar-refractivity contribution in [3.8, 4) is 0 Å². The van der Waals surface area contributed by atoms with Crippen LogP contribution in [0.2, 0.25) is 0 Å². The van der Waals surface area contributed by atoms with Crippen molar-refractivity contribution in [3.63, 3.8) is 0 Å². The monoisotopic (exact) mass is 295 g/mol. The van der Waals surface area contributed by atoms with Crippen LogP contribution in [0.1, 0.15) is 11.1 Å². The van der Waals surface area contributed by atoms with Gasteiger partial charge in [-0.05, 0) is 30.3 Å². The fourth-order valence-electron chi connectivity index (χ4n) is 2.78. The lowest BCUT2D eigenvalue weighted by molar-refractivity contribution is -0.155. The van der Waals surface area contributed by atoms with Crippen LogP contribution in [0.4, 0.5) is 0 Å². The Labute approximate surface area is 109 Å². The highest BCUT2D eigenvalue weighted by Gasteiger charge is 2.49. The Morgan fingerprint density at radius 1 is 1.47 bits per heavy atom. The minimum Gasteiger partial charge on any atom is -0.360 e. The van der Waals surface area contributed by atoms with Crippen molar-refractivity contribution in [1.82, 2.24) is 4.90 Å². The van der Waals surface area contributed by atoms with Crippen LogP contribution in [0.5, 0.6) is 0 Å². The zero-order valence-electron chi connectivity index (χ0n) is 9.70. The average Bonchev–Trinajstić information content (AvgIpc) is 2.51. The molecule has 0 aromatic heterocycles. The largest absolute Gasteiger partial charge is 0.360 e. The molecule has 0 amide bonds. The fraction of sp³-hybridized carbons (Fsp3) is 0.462. The molecule has 1 unspecified atom stereocenters. The first-order valence-electron chi connectivity index (χ1n) is 5.76. The summed E-state index contributed by atoms with van der Waals surface area (Å²) in [5.74, 6) is 0.192. The van der Waals surface area contributed by atoms with Gasteiger partial charge in [0.1, 0.15) is 0 Å². The van der Waals surface area contributed by atoms with E-state index < -0.39 is 5.60 Å². The lowest BCUT2D eigenvalue weighted by Gasteiger charge is -2.38. The molecule has 2 aliphatic rings. The van der Waals surface area contributed by atoms with E-state index in [9.17, 15) is 4.79 Å². The predicted molar refractivity (Wildman–Crippen MR) is 68.0 cm³/mol. The number of ketones is 1. The molecule has 4 heteroatoms. The van der Waals surface area contributed by atoms with E-state index in [-0.39, 0.29) is 5.78 Å². The number of likely N-dealkylation sites (N-methyl/N-ethyl adjacent to an activating group) is 1. The number of fused-ring (bicyclic) bond motifs is 2. The van der Waals surface area contributed by atoms with Gasteiger partial charge in [0.25, 0.3) is 0 Å². The van der Waals surface area contributed by atoms with Crippen molar-refractivity contribution < 1.29 is 9.53 Å². The van der Waals surface area contributed by atoms with Gasteiger partial charge in [-0.1, -0.05) is 22.0 Å². The van der Waals surface area contributed by atoms with E-state index in [1.807, 2.05) is 25.2 Å². The molecule has 3 rings (SSSR count). The number of morpholine rings is 1. The van der Waals surface area contributed by atoms with Crippen LogP contribution >= 0.6 is 15.9 Å². The lowest BCUT2D eigenvalue weighted by atomic mass is 9.93. The minimum absolute atomic E-state index is 0.192. The molecule has 0 N–H and O–H groups in total. The van der Waals surface area contributed by atoms with Gasteiger partial charge < -0.3 is 9.64 Å². The average molecular weight is 296 g/mol. The standard InChI is InChI=1S/C13H14BrNO2/c1-15-4-5-17-13(8-15)11-3-2-10(14)6-9(11)7-12(13)16/h2-3,6H,4-5,7-8H2,1H3. The molecule has 0 bridgehead atoms. The summed E-state index contributed by atoms with van der Waals surface area (Å²) in [5, 5.41) is 0. The molecule has 0 radical (unpaired) electrons. The zero-order chi connectivity index (χ0) is 12.0. The number of carbonyl (C=O) groups is 1. The quantitative estimate of drug-likeness (QED) is 0.730. The van der Waals surface area contributed by atoms with Gasteiger partial charge in [-0.3, -0.25) is 4.79 Å². The van der Waals surface area contributed by atoms with Gasteiger partial charge in [-0.2, -0.15) is 0 Å². The fourth-order valence-corrected chi connectivity index (χ4v) is 3.19. The number of halogens is 1. The highest BCUT2D eigenvalue weighted by molar-refractivity contribution is 9.10. The Kier molecular flexibility index (Phi) is 2.61. The van der Waals surface area contributed by atoms with Crippen LogP contribution in [0.25, 0.3) is 0 Å². The Hall–Kier alpha value is -0.710. The van der Waals surface area contributed by atoms with E-state index in [1.165, 1.54) is 0 Å². The molecule has 1 heterocycles. The molecule has 1 aromatic carbocycles. The summed E-state index contributed by atoms with van der Waals surface area (Å²) in [4.78, 5) is 14.5. The Balaban J connectivity index is 2.09. The van der Waals surface area contributed by atoms with E-state index in [1.54, 1.807) is 0 Å². The Bertz CT molecular complexity index is 488. The van der Waals surface area contributed by atoms with E-state index in [2.05, 4.69) is 20.8 Å². The van der Waals surface area contributed by atoms with E-state index in [0.29, 0.717) is 19.6 Å². The van der Waals surface area contributed by atoms with Crippen molar-refractivity contribution in [1.29, 1.82) is 0 Å². The highest BCUT2D eigenvalue weighted by atomic mass is 79.9. The molecule has 90 valence electrons. The number of nitrogens with zero attached hydrogens (tertiary/aromatic N) is 1. The van der Waals surface area contributed by atoms with E-state index >= 15 is 0 Å². The smallest absolute Gasteiger partial charge is 0.174 e. The Morgan fingerprint density at radius 3 is 3.06 bits per heavy atom. The van der Waals surface area contributed by atoms with E-state index in [4.69, 9.17) is 4.74 Å². The number of ether oxygens (including phenoxy) is 1. The van der Waals surface area contributed by atoms with Gasteiger partial charge in [-0.15, -0.1) is 0 Å². The third-order valence-electron chi connectivity index (χ3n) is 3.62. The van der Waals surface area contributed by atoms with Crippen LogP contribution in [0.15, 0.2) is 22.7 Å². The molecule has 1 aliphatic heterocycles. The number of hydrogen-bond donors (Lipinski definition) is 0. The van der Waals surface area contributed by atoms with Gasteiger partial charge in [0.2, 0.25) is 0 Å². The van der Waals surface area contributed by atoms with Crippen LogP contribution in [-0.4, -0.2) is 37.4 Å². The van der Waals surface area contributed by atoms with Crippen LogP contribution in [0, 0.1) is 0 Å². The summed E-state index contributed by atoms with van der Waals surface area (Å²) in [6.07, 6.45) is 0.489. The number of rotatable bonds is 0.